The average Bonchev–Trinajstić information content (AvgIpc) is 3.21. The predicted octanol–water partition coefficient (Wildman–Crippen LogP) is 0.954. The molecule has 0 aromatic carbocycles. The number of rotatable bonds is 4. The van der Waals surface area contributed by atoms with Gasteiger partial charge in [-0.15, -0.1) is 0 Å². The van der Waals surface area contributed by atoms with Gasteiger partial charge in [-0.05, 0) is 19.8 Å². The first-order chi connectivity index (χ1) is 8.81. The molecule has 0 radical (unpaired) electrons. The molecule has 1 N–H and O–H groups in total. The Hall–Kier alpha value is -1.20. The van der Waals surface area contributed by atoms with E-state index in [0.717, 1.165) is 43.8 Å². The Bertz CT molecular complexity index is 390. The molecule has 2 fully saturated rings. The molecule has 1 saturated heterocycles. The van der Waals surface area contributed by atoms with Crippen molar-refractivity contribution in [3.63, 3.8) is 0 Å². The third kappa shape index (κ3) is 2.97. The Morgan fingerprint density at radius 1 is 1.39 bits per heavy atom. The van der Waals surface area contributed by atoms with Crippen molar-refractivity contribution in [1.29, 1.82) is 0 Å². The second-order valence-electron chi connectivity index (χ2n) is 5.17. The number of hydrogen-bond acceptors (Lipinski definition) is 5. The third-order valence-electron chi connectivity index (χ3n) is 3.39. The Kier molecular flexibility index (Phi) is 3.43. The van der Waals surface area contributed by atoms with E-state index in [1.165, 1.54) is 12.8 Å². The fourth-order valence-corrected chi connectivity index (χ4v) is 2.15. The van der Waals surface area contributed by atoms with E-state index < -0.39 is 0 Å². The van der Waals surface area contributed by atoms with Crippen molar-refractivity contribution in [2.75, 3.05) is 24.6 Å². The van der Waals surface area contributed by atoms with Crippen molar-refractivity contribution in [3.8, 4) is 0 Å². The zero-order chi connectivity index (χ0) is 12.4. The van der Waals surface area contributed by atoms with Crippen molar-refractivity contribution in [2.24, 2.45) is 0 Å². The molecular weight excluding hydrogens is 228 g/mol. The summed E-state index contributed by atoms with van der Waals surface area (Å²) in [4.78, 5) is 11.1. The van der Waals surface area contributed by atoms with Crippen molar-refractivity contribution in [3.05, 3.63) is 18.0 Å². The molecule has 3 rings (SSSR count). The molecule has 1 saturated carbocycles. The summed E-state index contributed by atoms with van der Waals surface area (Å²) in [5.74, 6) is 0.820. The first-order valence-corrected chi connectivity index (χ1v) is 6.72. The summed E-state index contributed by atoms with van der Waals surface area (Å²) in [5, 5.41) is 3.47. The van der Waals surface area contributed by atoms with Gasteiger partial charge in [0.05, 0.1) is 12.7 Å². The first kappa shape index (κ1) is 11.9. The maximum Gasteiger partial charge on any atom is 0.225 e. The van der Waals surface area contributed by atoms with Crippen LogP contribution in [-0.4, -0.2) is 41.8 Å². The molecule has 98 valence electrons. The number of anilines is 1. The monoisotopic (exact) mass is 248 g/mol. The van der Waals surface area contributed by atoms with E-state index in [9.17, 15) is 0 Å². The summed E-state index contributed by atoms with van der Waals surface area (Å²) in [5.41, 5.74) is 1.16. The van der Waals surface area contributed by atoms with Gasteiger partial charge in [0.15, 0.2) is 0 Å². The maximum absolute atomic E-state index is 5.52. The molecule has 2 heterocycles. The fraction of sp³-hybridized carbons (Fsp3) is 0.692. The fourth-order valence-electron chi connectivity index (χ4n) is 2.15. The maximum atomic E-state index is 5.52. The van der Waals surface area contributed by atoms with Gasteiger partial charge in [0.25, 0.3) is 0 Å². The standard InChI is InChI=1S/C13H20N4O/c1-10-9-17(4-5-18-10)13-15-7-11(8-16-13)6-14-12-2-3-12/h7-8,10,12,14H,2-6,9H2,1H3. The Morgan fingerprint density at radius 3 is 2.83 bits per heavy atom. The molecule has 18 heavy (non-hydrogen) atoms. The Labute approximate surface area is 108 Å². The van der Waals surface area contributed by atoms with Gasteiger partial charge in [0.2, 0.25) is 5.95 Å². The molecule has 1 aliphatic carbocycles. The lowest BCUT2D eigenvalue weighted by Crippen LogP contribution is -2.42. The van der Waals surface area contributed by atoms with E-state index in [-0.39, 0.29) is 6.10 Å². The lowest BCUT2D eigenvalue weighted by molar-refractivity contribution is 0.0526. The molecule has 0 spiro atoms. The van der Waals surface area contributed by atoms with E-state index in [2.05, 4.69) is 27.1 Å². The number of hydrogen-bond donors (Lipinski definition) is 1. The first-order valence-electron chi connectivity index (χ1n) is 6.72. The minimum absolute atomic E-state index is 0.263. The zero-order valence-electron chi connectivity index (χ0n) is 10.8. The van der Waals surface area contributed by atoms with Crippen molar-refractivity contribution in [2.45, 2.75) is 38.5 Å². The lowest BCUT2D eigenvalue weighted by atomic mass is 10.3. The van der Waals surface area contributed by atoms with E-state index in [4.69, 9.17) is 4.74 Å². The van der Waals surface area contributed by atoms with Crippen molar-refractivity contribution >= 4 is 5.95 Å². The van der Waals surface area contributed by atoms with Crippen LogP contribution in [0.4, 0.5) is 5.95 Å². The number of ether oxygens (including phenoxy) is 1. The second-order valence-corrected chi connectivity index (χ2v) is 5.17. The van der Waals surface area contributed by atoms with Crippen LogP contribution < -0.4 is 10.2 Å². The molecule has 1 aromatic heterocycles. The molecule has 1 aromatic rings. The normalized spacial score (nSPS) is 24.3. The van der Waals surface area contributed by atoms with Crippen LogP contribution in [0.5, 0.6) is 0 Å². The van der Waals surface area contributed by atoms with Gasteiger partial charge in [-0.2, -0.15) is 0 Å². The van der Waals surface area contributed by atoms with E-state index >= 15 is 0 Å². The molecule has 1 unspecified atom stereocenters. The van der Waals surface area contributed by atoms with Crippen molar-refractivity contribution in [1.82, 2.24) is 15.3 Å². The minimum atomic E-state index is 0.263. The van der Waals surface area contributed by atoms with Gasteiger partial charge in [0, 0.05) is 43.6 Å². The SMILES string of the molecule is CC1CN(c2ncc(CNC3CC3)cn2)CCO1. The summed E-state index contributed by atoms with van der Waals surface area (Å²) in [7, 11) is 0. The number of nitrogens with zero attached hydrogens (tertiary/aromatic N) is 3. The van der Waals surface area contributed by atoms with Crippen molar-refractivity contribution < 1.29 is 4.74 Å². The van der Waals surface area contributed by atoms with Gasteiger partial charge in [0.1, 0.15) is 0 Å². The van der Waals surface area contributed by atoms with E-state index in [1.54, 1.807) is 0 Å². The molecule has 0 bridgehead atoms. The number of nitrogens with one attached hydrogen (secondary N) is 1. The van der Waals surface area contributed by atoms with Crippen LogP contribution in [0.2, 0.25) is 0 Å². The van der Waals surface area contributed by atoms with E-state index in [1.807, 2.05) is 12.4 Å². The average molecular weight is 248 g/mol. The topological polar surface area (TPSA) is 50.3 Å². The molecular formula is C13H20N4O. The molecule has 1 aliphatic heterocycles. The molecule has 5 nitrogen and oxygen atoms in total. The van der Waals surface area contributed by atoms with Gasteiger partial charge < -0.3 is 15.0 Å². The highest BCUT2D eigenvalue weighted by molar-refractivity contribution is 5.30. The van der Waals surface area contributed by atoms with Gasteiger partial charge in [-0.3, -0.25) is 0 Å². The molecule has 1 atom stereocenters. The molecule has 5 heteroatoms. The van der Waals surface area contributed by atoms with Crippen LogP contribution in [0.25, 0.3) is 0 Å². The summed E-state index contributed by atoms with van der Waals surface area (Å²) in [6.45, 7) is 5.48. The summed E-state index contributed by atoms with van der Waals surface area (Å²) in [6.07, 6.45) is 6.74. The Morgan fingerprint density at radius 2 is 2.17 bits per heavy atom. The second kappa shape index (κ2) is 5.20. The zero-order valence-corrected chi connectivity index (χ0v) is 10.8. The highest BCUT2D eigenvalue weighted by atomic mass is 16.5. The summed E-state index contributed by atoms with van der Waals surface area (Å²) < 4.78 is 5.52. The predicted molar refractivity (Wildman–Crippen MR) is 69.5 cm³/mol. The van der Waals surface area contributed by atoms with Crippen LogP contribution in [0.15, 0.2) is 12.4 Å². The smallest absolute Gasteiger partial charge is 0.225 e. The number of morpholine rings is 1. The number of aromatic nitrogens is 2. The third-order valence-corrected chi connectivity index (χ3v) is 3.39. The highest BCUT2D eigenvalue weighted by Crippen LogP contribution is 2.19. The van der Waals surface area contributed by atoms with Crippen LogP contribution in [-0.2, 0) is 11.3 Å². The molecule has 0 amide bonds. The lowest BCUT2D eigenvalue weighted by Gasteiger charge is -2.31. The summed E-state index contributed by atoms with van der Waals surface area (Å²) in [6, 6.07) is 0.727. The van der Waals surface area contributed by atoms with E-state index in [0.29, 0.717) is 0 Å². The van der Waals surface area contributed by atoms with Crippen LogP contribution in [0, 0.1) is 0 Å². The molecule has 2 aliphatic rings. The van der Waals surface area contributed by atoms with Crippen LogP contribution in [0.3, 0.4) is 0 Å². The quantitative estimate of drug-likeness (QED) is 0.860. The van der Waals surface area contributed by atoms with Gasteiger partial charge in [-0.25, -0.2) is 9.97 Å². The Balaban J connectivity index is 1.58. The summed E-state index contributed by atoms with van der Waals surface area (Å²) >= 11 is 0. The van der Waals surface area contributed by atoms with Gasteiger partial charge in [-0.1, -0.05) is 0 Å². The van der Waals surface area contributed by atoms with Crippen LogP contribution >= 0.6 is 0 Å². The minimum Gasteiger partial charge on any atom is -0.375 e. The highest BCUT2D eigenvalue weighted by Gasteiger charge is 2.21. The van der Waals surface area contributed by atoms with Gasteiger partial charge >= 0.3 is 0 Å². The van der Waals surface area contributed by atoms with Crippen LogP contribution in [0.1, 0.15) is 25.3 Å². The largest absolute Gasteiger partial charge is 0.375 e.